The van der Waals surface area contributed by atoms with E-state index in [0.29, 0.717) is 12.1 Å². The van der Waals surface area contributed by atoms with Gasteiger partial charge in [0.1, 0.15) is 6.04 Å². The molecule has 0 aliphatic carbocycles. The molecule has 0 heterocycles. The summed E-state index contributed by atoms with van der Waals surface area (Å²) in [7, 11) is 0. The van der Waals surface area contributed by atoms with Crippen LogP contribution in [0.5, 0.6) is 0 Å². The molecule has 7 heteroatoms. The molecule has 0 aliphatic heterocycles. The second-order valence-corrected chi connectivity index (χ2v) is 6.16. The molecule has 6 nitrogen and oxygen atoms in total. The molecule has 0 aromatic heterocycles. The molecule has 3 N–H and O–H groups in total. The number of carbonyl (C=O) groups is 3. The number of amides is 2. The topological polar surface area (TPSA) is 95.5 Å². The number of hydrogen-bond acceptors (Lipinski definition) is 4. The van der Waals surface area contributed by atoms with Crippen molar-refractivity contribution in [3.8, 4) is 0 Å². The van der Waals surface area contributed by atoms with Gasteiger partial charge >= 0.3 is 5.97 Å². The van der Waals surface area contributed by atoms with Gasteiger partial charge in [-0.05, 0) is 18.1 Å². The van der Waals surface area contributed by atoms with Crippen molar-refractivity contribution in [3.63, 3.8) is 0 Å². The van der Waals surface area contributed by atoms with Crippen molar-refractivity contribution in [1.29, 1.82) is 0 Å². The van der Waals surface area contributed by atoms with Crippen molar-refractivity contribution in [1.82, 2.24) is 5.32 Å². The third-order valence-corrected chi connectivity index (χ3v) is 4.25. The first-order chi connectivity index (χ1) is 10.9. The van der Waals surface area contributed by atoms with Gasteiger partial charge in [0.15, 0.2) is 0 Å². The van der Waals surface area contributed by atoms with Gasteiger partial charge in [0.05, 0.1) is 11.5 Å². The van der Waals surface area contributed by atoms with Crippen LogP contribution in [0, 0.1) is 5.92 Å². The van der Waals surface area contributed by atoms with Gasteiger partial charge in [0, 0.05) is 5.69 Å². The summed E-state index contributed by atoms with van der Waals surface area (Å²) in [4.78, 5) is 34.6. The molecule has 0 saturated heterocycles. The SMILES string of the molecule is CCC(C)C(NC(=O)CSCC(=O)Nc1ccccc1)C(=O)O. The zero-order chi connectivity index (χ0) is 17.2. The second-order valence-electron chi connectivity index (χ2n) is 5.18. The van der Waals surface area contributed by atoms with Crippen molar-refractivity contribution in [3.05, 3.63) is 30.3 Å². The summed E-state index contributed by atoms with van der Waals surface area (Å²) >= 11 is 1.14. The highest BCUT2D eigenvalue weighted by molar-refractivity contribution is 8.00. The molecule has 0 bridgehead atoms. The van der Waals surface area contributed by atoms with Crippen molar-refractivity contribution in [2.45, 2.75) is 26.3 Å². The predicted octanol–water partition coefficient (Wildman–Crippen LogP) is 1.97. The van der Waals surface area contributed by atoms with E-state index in [0.717, 1.165) is 11.8 Å². The fourth-order valence-electron chi connectivity index (χ4n) is 1.85. The van der Waals surface area contributed by atoms with E-state index in [1.165, 1.54) is 0 Å². The maximum atomic E-state index is 11.8. The summed E-state index contributed by atoms with van der Waals surface area (Å²) in [6.45, 7) is 3.65. The van der Waals surface area contributed by atoms with Crippen LogP contribution in [0.3, 0.4) is 0 Å². The van der Waals surface area contributed by atoms with E-state index in [9.17, 15) is 14.4 Å². The smallest absolute Gasteiger partial charge is 0.326 e. The van der Waals surface area contributed by atoms with Crippen LogP contribution in [0.2, 0.25) is 0 Å². The second kappa shape index (κ2) is 9.89. The Morgan fingerprint density at radius 1 is 1.13 bits per heavy atom. The number of carbonyl (C=O) groups excluding carboxylic acids is 2. The molecule has 2 amide bonds. The Morgan fingerprint density at radius 2 is 1.74 bits per heavy atom. The third kappa shape index (κ3) is 7.19. The summed E-state index contributed by atoms with van der Waals surface area (Å²) < 4.78 is 0. The van der Waals surface area contributed by atoms with E-state index in [1.807, 2.05) is 25.1 Å². The Morgan fingerprint density at radius 3 is 2.30 bits per heavy atom. The lowest BCUT2D eigenvalue weighted by Crippen LogP contribution is -2.45. The van der Waals surface area contributed by atoms with Crippen LogP contribution in [0.15, 0.2) is 30.3 Å². The third-order valence-electron chi connectivity index (χ3n) is 3.32. The highest BCUT2D eigenvalue weighted by Gasteiger charge is 2.25. The molecule has 126 valence electrons. The van der Waals surface area contributed by atoms with Gasteiger partial charge < -0.3 is 15.7 Å². The molecular formula is C16H22N2O4S. The highest BCUT2D eigenvalue weighted by Crippen LogP contribution is 2.10. The average Bonchev–Trinajstić information content (AvgIpc) is 2.52. The minimum atomic E-state index is -1.04. The Bertz CT molecular complexity index is 536. The first-order valence-electron chi connectivity index (χ1n) is 7.38. The molecule has 1 rings (SSSR count). The summed E-state index contributed by atoms with van der Waals surface area (Å²) in [5, 5.41) is 14.3. The minimum Gasteiger partial charge on any atom is -0.480 e. The van der Waals surface area contributed by atoms with Crippen molar-refractivity contribution in [2.24, 2.45) is 5.92 Å². The van der Waals surface area contributed by atoms with Crippen molar-refractivity contribution in [2.75, 3.05) is 16.8 Å². The number of rotatable bonds is 9. The van der Waals surface area contributed by atoms with Gasteiger partial charge in [0.2, 0.25) is 11.8 Å². The fraction of sp³-hybridized carbons (Fsp3) is 0.438. The summed E-state index contributed by atoms with van der Waals surface area (Å²) in [5.74, 6) is -1.60. The number of aliphatic carboxylic acids is 1. The molecule has 23 heavy (non-hydrogen) atoms. The van der Waals surface area contributed by atoms with Crippen molar-refractivity contribution < 1.29 is 19.5 Å². The van der Waals surface area contributed by atoms with Gasteiger partial charge in [-0.15, -0.1) is 11.8 Å². The zero-order valence-corrected chi connectivity index (χ0v) is 14.1. The maximum absolute atomic E-state index is 11.8. The molecule has 0 radical (unpaired) electrons. The number of para-hydroxylation sites is 1. The Labute approximate surface area is 140 Å². The number of benzene rings is 1. The van der Waals surface area contributed by atoms with E-state index in [4.69, 9.17) is 5.11 Å². The van der Waals surface area contributed by atoms with Crippen LogP contribution in [0.25, 0.3) is 0 Å². The first kappa shape index (κ1) is 19.0. The fourth-order valence-corrected chi connectivity index (χ4v) is 2.48. The zero-order valence-electron chi connectivity index (χ0n) is 13.2. The van der Waals surface area contributed by atoms with E-state index >= 15 is 0 Å². The molecule has 1 aromatic rings. The average molecular weight is 338 g/mol. The highest BCUT2D eigenvalue weighted by atomic mass is 32.2. The Balaban J connectivity index is 2.33. The largest absolute Gasteiger partial charge is 0.480 e. The van der Waals surface area contributed by atoms with Crippen LogP contribution in [0.1, 0.15) is 20.3 Å². The van der Waals surface area contributed by atoms with E-state index < -0.39 is 12.0 Å². The molecule has 0 saturated carbocycles. The maximum Gasteiger partial charge on any atom is 0.326 e. The molecule has 0 spiro atoms. The van der Waals surface area contributed by atoms with Gasteiger partial charge in [-0.1, -0.05) is 38.5 Å². The van der Waals surface area contributed by atoms with Crippen molar-refractivity contribution >= 4 is 35.2 Å². The number of carboxylic acid groups (broad SMARTS) is 1. The molecule has 1 aromatic carbocycles. The number of nitrogens with one attached hydrogen (secondary N) is 2. The molecular weight excluding hydrogens is 316 g/mol. The van der Waals surface area contributed by atoms with Gasteiger partial charge in [-0.25, -0.2) is 4.79 Å². The Kier molecular flexibility index (Phi) is 8.18. The van der Waals surface area contributed by atoms with Gasteiger partial charge in [-0.2, -0.15) is 0 Å². The molecule has 0 aliphatic rings. The van der Waals surface area contributed by atoms with E-state index in [-0.39, 0.29) is 29.2 Å². The number of hydrogen-bond donors (Lipinski definition) is 3. The van der Waals surface area contributed by atoms with E-state index in [2.05, 4.69) is 10.6 Å². The molecule has 2 atom stereocenters. The lowest BCUT2D eigenvalue weighted by Gasteiger charge is -2.19. The number of anilines is 1. The van der Waals surface area contributed by atoms with Gasteiger partial charge in [0.25, 0.3) is 0 Å². The van der Waals surface area contributed by atoms with Crippen LogP contribution < -0.4 is 10.6 Å². The predicted molar refractivity (Wildman–Crippen MR) is 91.4 cm³/mol. The molecule has 0 fully saturated rings. The summed E-state index contributed by atoms with van der Waals surface area (Å²) in [5.41, 5.74) is 0.699. The quantitative estimate of drug-likeness (QED) is 0.640. The molecule has 2 unspecified atom stereocenters. The normalized spacial score (nSPS) is 13.0. The Hall–Kier alpha value is -2.02. The lowest BCUT2D eigenvalue weighted by molar-refractivity contribution is -0.143. The summed E-state index contributed by atoms with van der Waals surface area (Å²) in [6, 6.07) is 8.14. The van der Waals surface area contributed by atoms with Crippen LogP contribution >= 0.6 is 11.8 Å². The van der Waals surface area contributed by atoms with Gasteiger partial charge in [-0.3, -0.25) is 9.59 Å². The van der Waals surface area contributed by atoms with E-state index in [1.54, 1.807) is 19.1 Å². The minimum absolute atomic E-state index is 0.0441. The number of carboxylic acids is 1. The van der Waals surface area contributed by atoms with Crippen LogP contribution in [0.4, 0.5) is 5.69 Å². The standard InChI is InChI=1S/C16H22N2O4S/c1-3-11(2)15(16(21)22)18-14(20)10-23-9-13(19)17-12-7-5-4-6-8-12/h4-8,11,15H,3,9-10H2,1-2H3,(H,17,19)(H,18,20)(H,21,22). The van der Waals surface area contributed by atoms with Crippen LogP contribution in [-0.4, -0.2) is 40.4 Å². The number of thioether (sulfide) groups is 1. The lowest BCUT2D eigenvalue weighted by atomic mass is 9.99. The summed E-state index contributed by atoms with van der Waals surface area (Å²) in [6.07, 6.45) is 0.657. The monoisotopic (exact) mass is 338 g/mol. The van der Waals surface area contributed by atoms with Crippen LogP contribution in [-0.2, 0) is 14.4 Å². The first-order valence-corrected chi connectivity index (χ1v) is 8.54.